The van der Waals surface area contributed by atoms with Crippen LogP contribution in [0.25, 0.3) is 22.3 Å². The molecule has 1 fully saturated rings. The van der Waals surface area contributed by atoms with Gasteiger partial charge in [0.2, 0.25) is 0 Å². The van der Waals surface area contributed by atoms with Crippen LogP contribution in [0.1, 0.15) is 56.6 Å². The van der Waals surface area contributed by atoms with E-state index in [2.05, 4.69) is 12.2 Å². The van der Waals surface area contributed by atoms with E-state index >= 15 is 8.78 Å². The molecule has 0 aliphatic heterocycles. The van der Waals surface area contributed by atoms with Crippen LogP contribution in [0.15, 0.2) is 60.7 Å². The van der Waals surface area contributed by atoms with Gasteiger partial charge < -0.3 is 0 Å². The summed E-state index contributed by atoms with van der Waals surface area (Å²) in [6.07, 6.45) is 8.30. The summed E-state index contributed by atoms with van der Waals surface area (Å²) in [6.45, 7) is 3.77. The molecular formula is C29H28F4. The lowest BCUT2D eigenvalue weighted by Gasteiger charge is -2.27. The number of benzene rings is 3. The Morgan fingerprint density at radius 3 is 1.79 bits per heavy atom. The predicted octanol–water partition coefficient (Wildman–Crippen LogP) is 8.99. The number of aryl methyl sites for hydroxylation is 1. The second kappa shape index (κ2) is 9.94. The first-order valence-electron chi connectivity index (χ1n) is 11.6. The minimum Gasteiger partial charge on any atom is -0.203 e. The van der Waals surface area contributed by atoms with Gasteiger partial charge in [-0.25, -0.2) is 17.6 Å². The van der Waals surface area contributed by atoms with Crippen molar-refractivity contribution < 1.29 is 17.6 Å². The van der Waals surface area contributed by atoms with Crippen molar-refractivity contribution in [1.29, 1.82) is 0 Å². The highest BCUT2D eigenvalue weighted by molar-refractivity contribution is 5.71. The highest BCUT2D eigenvalue weighted by Gasteiger charge is 2.25. The zero-order valence-electron chi connectivity index (χ0n) is 19.0. The Morgan fingerprint density at radius 2 is 1.24 bits per heavy atom. The maximum Gasteiger partial charge on any atom is 0.166 e. The number of allylic oxidation sites excluding steroid dienone is 2. The van der Waals surface area contributed by atoms with Crippen molar-refractivity contribution in [2.75, 3.05) is 0 Å². The molecule has 0 amide bonds. The van der Waals surface area contributed by atoms with E-state index in [-0.39, 0.29) is 17.0 Å². The topological polar surface area (TPSA) is 0 Å². The van der Waals surface area contributed by atoms with Gasteiger partial charge in [0, 0.05) is 11.1 Å². The molecule has 0 radical (unpaired) electrons. The maximum absolute atomic E-state index is 15.0. The molecule has 3 aromatic rings. The van der Waals surface area contributed by atoms with Gasteiger partial charge in [-0.05, 0) is 73.1 Å². The molecule has 0 heterocycles. The van der Waals surface area contributed by atoms with Gasteiger partial charge in [0.25, 0.3) is 0 Å². The summed E-state index contributed by atoms with van der Waals surface area (Å²) in [4.78, 5) is 0. The van der Waals surface area contributed by atoms with Crippen molar-refractivity contribution in [3.63, 3.8) is 0 Å². The van der Waals surface area contributed by atoms with Crippen molar-refractivity contribution in [1.82, 2.24) is 0 Å². The van der Waals surface area contributed by atoms with E-state index in [1.165, 1.54) is 0 Å². The molecule has 0 spiro atoms. The minimum atomic E-state index is -0.896. The Hall–Kier alpha value is -2.88. The quantitative estimate of drug-likeness (QED) is 0.268. The lowest BCUT2D eigenvalue weighted by atomic mass is 9.78. The van der Waals surface area contributed by atoms with Gasteiger partial charge in [-0.15, -0.1) is 0 Å². The lowest BCUT2D eigenvalue weighted by Crippen LogP contribution is -2.13. The van der Waals surface area contributed by atoms with Gasteiger partial charge in [-0.2, -0.15) is 0 Å². The predicted molar refractivity (Wildman–Crippen MR) is 126 cm³/mol. The summed E-state index contributed by atoms with van der Waals surface area (Å²) in [5, 5.41) is 0. The van der Waals surface area contributed by atoms with Crippen molar-refractivity contribution in [2.24, 2.45) is 5.92 Å². The van der Waals surface area contributed by atoms with E-state index in [9.17, 15) is 8.78 Å². The molecule has 1 aliphatic rings. The molecule has 1 aliphatic carbocycles. The van der Waals surface area contributed by atoms with Crippen LogP contribution in [0, 0.1) is 29.2 Å². The fourth-order valence-electron chi connectivity index (χ4n) is 4.91. The third kappa shape index (κ3) is 4.62. The molecule has 0 saturated heterocycles. The number of rotatable bonds is 5. The Labute approximate surface area is 193 Å². The van der Waals surface area contributed by atoms with Gasteiger partial charge in [-0.3, -0.25) is 0 Å². The molecule has 0 atom stereocenters. The first-order chi connectivity index (χ1) is 15.9. The molecule has 0 nitrogen and oxygen atoms in total. The van der Waals surface area contributed by atoms with E-state index < -0.39 is 23.3 Å². The van der Waals surface area contributed by atoms with Crippen LogP contribution in [-0.4, -0.2) is 0 Å². The molecule has 33 heavy (non-hydrogen) atoms. The lowest BCUT2D eigenvalue weighted by molar-refractivity contribution is 0.364. The van der Waals surface area contributed by atoms with Gasteiger partial charge in [0.15, 0.2) is 23.3 Å². The van der Waals surface area contributed by atoms with E-state index in [1.54, 1.807) is 55.5 Å². The average molecular weight is 453 g/mol. The fourth-order valence-corrected chi connectivity index (χ4v) is 4.91. The fraction of sp³-hybridized carbons (Fsp3) is 0.310. The molecule has 172 valence electrons. The largest absolute Gasteiger partial charge is 0.203 e. The molecule has 0 bridgehead atoms. The first kappa shape index (κ1) is 23.3. The summed E-state index contributed by atoms with van der Waals surface area (Å²) in [5.74, 6) is -2.83. The average Bonchev–Trinajstić information content (AvgIpc) is 2.84. The van der Waals surface area contributed by atoms with Crippen molar-refractivity contribution in [3.8, 4) is 22.3 Å². The van der Waals surface area contributed by atoms with Crippen LogP contribution in [0.3, 0.4) is 0 Å². The van der Waals surface area contributed by atoms with Gasteiger partial charge >= 0.3 is 0 Å². The Balaban J connectivity index is 1.58. The van der Waals surface area contributed by atoms with Crippen LogP contribution < -0.4 is 0 Å². The van der Waals surface area contributed by atoms with Crippen LogP contribution in [-0.2, 0) is 6.42 Å². The SMILES string of the molecule is C/C=C/C1CCC(c2ccc(-c3ccc(-c4ccc(CC)c(F)c4F)cc3)c(F)c2F)CC1. The van der Waals surface area contributed by atoms with Crippen LogP contribution >= 0.6 is 0 Å². The molecule has 4 rings (SSSR count). The smallest absolute Gasteiger partial charge is 0.166 e. The summed E-state index contributed by atoms with van der Waals surface area (Å²) in [5.41, 5.74) is 2.05. The summed E-state index contributed by atoms with van der Waals surface area (Å²) in [6, 6.07) is 12.9. The van der Waals surface area contributed by atoms with Gasteiger partial charge in [-0.1, -0.05) is 67.6 Å². The normalized spacial score (nSPS) is 18.7. The third-order valence-corrected chi connectivity index (χ3v) is 6.84. The monoisotopic (exact) mass is 452 g/mol. The Morgan fingerprint density at radius 1 is 0.697 bits per heavy atom. The highest BCUT2D eigenvalue weighted by Crippen LogP contribution is 2.39. The molecule has 4 heteroatoms. The number of hydrogen-bond donors (Lipinski definition) is 0. The second-order valence-corrected chi connectivity index (χ2v) is 8.80. The molecule has 3 aromatic carbocycles. The van der Waals surface area contributed by atoms with Gasteiger partial charge in [0.1, 0.15) is 0 Å². The Bertz CT molecular complexity index is 1150. The molecular weight excluding hydrogens is 424 g/mol. The number of halogens is 4. The first-order valence-corrected chi connectivity index (χ1v) is 11.6. The zero-order valence-corrected chi connectivity index (χ0v) is 19.0. The third-order valence-electron chi connectivity index (χ3n) is 6.84. The van der Waals surface area contributed by atoms with Crippen molar-refractivity contribution in [3.05, 3.63) is 95.1 Å². The molecule has 0 N–H and O–H groups in total. The van der Waals surface area contributed by atoms with E-state index in [0.29, 0.717) is 34.6 Å². The summed E-state index contributed by atoms with van der Waals surface area (Å²) in [7, 11) is 0. The van der Waals surface area contributed by atoms with Crippen molar-refractivity contribution in [2.45, 2.75) is 51.9 Å². The maximum atomic E-state index is 15.0. The van der Waals surface area contributed by atoms with Crippen LogP contribution in [0.5, 0.6) is 0 Å². The van der Waals surface area contributed by atoms with E-state index in [0.717, 1.165) is 25.7 Å². The molecule has 0 aromatic heterocycles. The van der Waals surface area contributed by atoms with Crippen LogP contribution in [0.2, 0.25) is 0 Å². The van der Waals surface area contributed by atoms with E-state index in [4.69, 9.17) is 0 Å². The highest BCUT2D eigenvalue weighted by atomic mass is 19.2. The van der Waals surface area contributed by atoms with E-state index in [1.807, 2.05) is 6.92 Å². The van der Waals surface area contributed by atoms with Crippen molar-refractivity contribution >= 4 is 0 Å². The summed E-state index contributed by atoms with van der Waals surface area (Å²) < 4.78 is 58.7. The second-order valence-electron chi connectivity index (χ2n) is 8.80. The van der Waals surface area contributed by atoms with Crippen LogP contribution in [0.4, 0.5) is 17.6 Å². The Kier molecular flexibility index (Phi) is 7.02. The minimum absolute atomic E-state index is 0.0291. The van der Waals surface area contributed by atoms with Gasteiger partial charge in [0.05, 0.1) is 0 Å². The number of hydrogen-bond acceptors (Lipinski definition) is 0. The zero-order chi connectivity index (χ0) is 23.5. The standard InChI is InChI=1S/C29H28F4/c1-3-5-18-6-8-20(9-7-18)24-16-17-25(29(33)28(24)32)22-12-10-21(11-13-22)23-15-14-19(4-2)26(30)27(23)31/h3,5,10-18,20H,4,6-9H2,1-2H3/b5-3+. The molecule has 0 unspecified atom stereocenters. The summed E-state index contributed by atoms with van der Waals surface area (Å²) >= 11 is 0. The molecule has 1 saturated carbocycles.